The number of nitrogens with zero attached hydrogens (tertiary/aromatic N) is 2. The van der Waals surface area contributed by atoms with Crippen LogP contribution in [0.5, 0.6) is 0 Å². The Morgan fingerprint density at radius 2 is 1.86 bits per heavy atom. The molecule has 29 heavy (non-hydrogen) atoms. The van der Waals surface area contributed by atoms with E-state index in [4.69, 9.17) is 4.74 Å². The van der Waals surface area contributed by atoms with Gasteiger partial charge in [-0.2, -0.15) is 5.10 Å². The number of aryl methyl sites for hydroxylation is 1. The first kappa shape index (κ1) is 19.7. The monoisotopic (exact) mass is 407 g/mol. The van der Waals surface area contributed by atoms with Gasteiger partial charge in [0, 0.05) is 36.3 Å². The molecule has 1 amide bonds. The number of carbonyl (C=O) groups excluding carboxylic acids is 1. The van der Waals surface area contributed by atoms with E-state index in [2.05, 4.69) is 71.9 Å². The number of amides is 1. The fourth-order valence-corrected chi connectivity index (χ4v) is 4.28. The second-order valence-corrected chi connectivity index (χ2v) is 8.13. The molecule has 0 radical (unpaired) electrons. The predicted octanol–water partition coefficient (Wildman–Crippen LogP) is 4.69. The molecule has 0 aliphatic carbocycles. The third kappa shape index (κ3) is 3.70. The van der Waals surface area contributed by atoms with E-state index in [-0.39, 0.29) is 11.9 Å². The molecule has 3 aromatic rings. The van der Waals surface area contributed by atoms with Crippen LogP contribution in [0.25, 0.3) is 11.3 Å². The molecule has 4 rings (SSSR count). The third-order valence-corrected chi connectivity index (χ3v) is 6.11. The normalized spacial score (nSPS) is 15.8. The summed E-state index contributed by atoms with van der Waals surface area (Å²) >= 11 is 1.71. The summed E-state index contributed by atoms with van der Waals surface area (Å²) in [5.41, 5.74) is 5.72. The van der Waals surface area contributed by atoms with Crippen molar-refractivity contribution in [3.8, 4) is 11.3 Å². The van der Waals surface area contributed by atoms with E-state index in [1.807, 2.05) is 4.90 Å². The van der Waals surface area contributed by atoms with Gasteiger partial charge in [0.2, 0.25) is 0 Å². The Morgan fingerprint density at radius 3 is 2.52 bits per heavy atom. The summed E-state index contributed by atoms with van der Waals surface area (Å²) in [6.45, 7) is 3.33. The number of nitrogens with one attached hydrogen (secondary N) is 1. The van der Waals surface area contributed by atoms with Gasteiger partial charge in [0.1, 0.15) is 5.69 Å². The molecule has 1 aliphatic rings. The van der Waals surface area contributed by atoms with Crippen molar-refractivity contribution in [2.75, 3.05) is 26.5 Å². The number of thioether (sulfide) groups is 1. The lowest BCUT2D eigenvalue weighted by Gasteiger charge is -2.26. The minimum Gasteiger partial charge on any atom is -0.385 e. The number of methoxy groups -OCH3 is 1. The average molecular weight is 408 g/mol. The lowest BCUT2D eigenvalue weighted by Crippen LogP contribution is -2.31. The fourth-order valence-electron chi connectivity index (χ4n) is 3.87. The second-order valence-electron chi connectivity index (χ2n) is 7.25. The molecule has 0 saturated carbocycles. The minimum absolute atomic E-state index is 0.000841. The van der Waals surface area contributed by atoms with Crippen LogP contribution in [0.15, 0.2) is 53.4 Å². The molecule has 1 atom stereocenters. The maximum atomic E-state index is 13.2. The SMILES string of the molecule is COCCCN1C(=O)c2[nH]nc(-c3ccc(C)cc3)c2C1c1ccc(SC)cc1. The second kappa shape index (κ2) is 8.43. The van der Waals surface area contributed by atoms with E-state index >= 15 is 0 Å². The third-order valence-electron chi connectivity index (χ3n) is 5.37. The number of hydrogen-bond donors (Lipinski definition) is 1. The van der Waals surface area contributed by atoms with E-state index in [1.54, 1.807) is 18.9 Å². The van der Waals surface area contributed by atoms with Crippen LogP contribution in [0.2, 0.25) is 0 Å². The van der Waals surface area contributed by atoms with Gasteiger partial charge in [-0.15, -0.1) is 11.8 Å². The number of aromatic amines is 1. The topological polar surface area (TPSA) is 58.2 Å². The van der Waals surface area contributed by atoms with Crippen molar-refractivity contribution in [1.29, 1.82) is 0 Å². The average Bonchev–Trinajstić information content (AvgIpc) is 3.28. The van der Waals surface area contributed by atoms with Crippen molar-refractivity contribution in [2.24, 2.45) is 0 Å². The first-order valence-electron chi connectivity index (χ1n) is 9.73. The summed E-state index contributed by atoms with van der Waals surface area (Å²) in [4.78, 5) is 16.3. The zero-order chi connectivity index (χ0) is 20.4. The van der Waals surface area contributed by atoms with Gasteiger partial charge in [0.25, 0.3) is 5.91 Å². The summed E-state index contributed by atoms with van der Waals surface area (Å²) in [7, 11) is 1.69. The van der Waals surface area contributed by atoms with E-state index in [0.717, 1.165) is 28.8 Å². The summed E-state index contributed by atoms with van der Waals surface area (Å²) in [5.74, 6) is 0.000841. The number of aromatic nitrogens is 2. The highest BCUT2D eigenvalue weighted by molar-refractivity contribution is 7.98. The Labute approximate surface area is 175 Å². The van der Waals surface area contributed by atoms with Crippen LogP contribution in [0.3, 0.4) is 0 Å². The Bertz CT molecular complexity index is 996. The number of H-pyrrole nitrogens is 1. The summed E-state index contributed by atoms with van der Waals surface area (Å²) in [6.07, 6.45) is 2.86. The van der Waals surface area contributed by atoms with Gasteiger partial charge in [-0.1, -0.05) is 42.0 Å². The zero-order valence-electron chi connectivity index (χ0n) is 16.9. The Kier molecular flexibility index (Phi) is 5.74. The first-order valence-corrected chi connectivity index (χ1v) is 11.0. The molecule has 1 aromatic heterocycles. The molecule has 0 bridgehead atoms. The van der Waals surface area contributed by atoms with Crippen molar-refractivity contribution in [3.63, 3.8) is 0 Å². The maximum Gasteiger partial charge on any atom is 0.273 e. The van der Waals surface area contributed by atoms with Crippen LogP contribution >= 0.6 is 11.8 Å². The Hall–Kier alpha value is -2.57. The van der Waals surface area contributed by atoms with Gasteiger partial charge in [-0.25, -0.2) is 0 Å². The number of carbonyl (C=O) groups is 1. The summed E-state index contributed by atoms with van der Waals surface area (Å²) in [5, 5.41) is 7.54. The largest absolute Gasteiger partial charge is 0.385 e. The van der Waals surface area contributed by atoms with E-state index in [0.29, 0.717) is 18.8 Å². The number of ether oxygens (including phenoxy) is 1. The van der Waals surface area contributed by atoms with Crippen LogP contribution in [0.4, 0.5) is 0 Å². The van der Waals surface area contributed by atoms with Crippen molar-refractivity contribution >= 4 is 17.7 Å². The smallest absolute Gasteiger partial charge is 0.273 e. The molecule has 2 heterocycles. The molecule has 150 valence electrons. The maximum absolute atomic E-state index is 13.2. The summed E-state index contributed by atoms with van der Waals surface area (Å²) in [6, 6.07) is 16.6. The zero-order valence-corrected chi connectivity index (χ0v) is 17.8. The predicted molar refractivity (Wildman–Crippen MR) is 116 cm³/mol. The molecule has 2 aromatic carbocycles. The van der Waals surface area contributed by atoms with Crippen molar-refractivity contribution in [3.05, 3.63) is 70.9 Å². The molecular weight excluding hydrogens is 382 g/mol. The Balaban J connectivity index is 1.79. The number of benzene rings is 2. The molecule has 0 fully saturated rings. The van der Waals surface area contributed by atoms with Crippen molar-refractivity contribution in [2.45, 2.75) is 24.3 Å². The molecule has 6 heteroatoms. The van der Waals surface area contributed by atoms with Crippen molar-refractivity contribution in [1.82, 2.24) is 15.1 Å². The van der Waals surface area contributed by atoms with Gasteiger partial charge in [0.15, 0.2) is 0 Å². The first-order chi connectivity index (χ1) is 14.1. The number of hydrogen-bond acceptors (Lipinski definition) is 4. The van der Waals surface area contributed by atoms with Gasteiger partial charge >= 0.3 is 0 Å². The van der Waals surface area contributed by atoms with Crippen LogP contribution < -0.4 is 0 Å². The molecule has 1 unspecified atom stereocenters. The van der Waals surface area contributed by atoms with E-state index < -0.39 is 0 Å². The van der Waals surface area contributed by atoms with Crippen LogP contribution in [-0.2, 0) is 4.74 Å². The van der Waals surface area contributed by atoms with Crippen molar-refractivity contribution < 1.29 is 9.53 Å². The van der Waals surface area contributed by atoms with Gasteiger partial charge in [0.05, 0.1) is 11.7 Å². The molecule has 1 N–H and O–H groups in total. The molecular formula is C23H25N3O2S. The van der Waals surface area contributed by atoms with Gasteiger partial charge < -0.3 is 9.64 Å². The number of rotatable bonds is 7. The molecule has 1 aliphatic heterocycles. The van der Waals surface area contributed by atoms with E-state index in [9.17, 15) is 4.79 Å². The van der Waals surface area contributed by atoms with Crippen LogP contribution in [-0.4, -0.2) is 47.5 Å². The lowest BCUT2D eigenvalue weighted by molar-refractivity contribution is 0.0723. The molecule has 5 nitrogen and oxygen atoms in total. The van der Waals surface area contributed by atoms with Crippen LogP contribution in [0, 0.1) is 6.92 Å². The highest BCUT2D eigenvalue weighted by atomic mass is 32.2. The van der Waals surface area contributed by atoms with Gasteiger partial charge in [-0.3, -0.25) is 9.89 Å². The number of fused-ring (bicyclic) bond motifs is 1. The quantitative estimate of drug-likeness (QED) is 0.456. The summed E-state index contributed by atoms with van der Waals surface area (Å²) < 4.78 is 5.21. The lowest BCUT2D eigenvalue weighted by atomic mass is 9.96. The molecule has 0 spiro atoms. The Morgan fingerprint density at radius 1 is 1.14 bits per heavy atom. The fraction of sp³-hybridized carbons (Fsp3) is 0.304. The highest BCUT2D eigenvalue weighted by Crippen LogP contribution is 2.43. The molecule has 0 saturated heterocycles. The van der Waals surface area contributed by atoms with Crippen LogP contribution in [0.1, 0.15) is 39.6 Å². The minimum atomic E-state index is -0.152. The standard InChI is InChI=1S/C23H25N3O2S/c1-15-5-7-16(8-6-15)20-19-21(25-24-20)23(27)26(13-4-14-28-2)22(19)17-9-11-18(29-3)12-10-17/h5-12,22H,4,13-14H2,1-3H3,(H,24,25). The highest BCUT2D eigenvalue weighted by Gasteiger charge is 2.41. The van der Waals surface area contributed by atoms with E-state index in [1.165, 1.54) is 10.5 Å². The van der Waals surface area contributed by atoms with Gasteiger partial charge in [-0.05, 0) is 37.3 Å².